The van der Waals surface area contributed by atoms with E-state index in [4.69, 9.17) is 28.9 Å². The third-order valence-corrected chi connectivity index (χ3v) is 5.62. The van der Waals surface area contributed by atoms with Crippen LogP contribution in [-0.4, -0.2) is 15.5 Å². The fourth-order valence-electron chi connectivity index (χ4n) is 3.48. The highest BCUT2D eigenvalue weighted by molar-refractivity contribution is 6.38. The van der Waals surface area contributed by atoms with E-state index in [-0.39, 0.29) is 17.3 Å². The number of nitriles is 1. The highest BCUT2D eigenvalue weighted by Gasteiger charge is 2.20. The van der Waals surface area contributed by atoms with Gasteiger partial charge in [0.05, 0.1) is 33.4 Å². The number of aromatic nitrogens is 1. The lowest BCUT2D eigenvalue weighted by molar-refractivity contribution is 0.444. The van der Waals surface area contributed by atoms with Crippen molar-refractivity contribution < 1.29 is 5.11 Å². The van der Waals surface area contributed by atoms with Crippen molar-refractivity contribution in [1.29, 1.82) is 5.26 Å². The standard InChI is InChI=1S/C25H18Cl2N4O/c26-20-10-6-11-21(27)23(20)31-22-12-5-4-9-18(22)19(25(31)32)13-17(14-28)24(29)30-15-16-7-2-1-3-8-16/h1-13,32H,15H2,(H2,29,30)/b17-13+. The first kappa shape index (κ1) is 21.5. The highest BCUT2D eigenvalue weighted by Crippen LogP contribution is 2.40. The Morgan fingerprint density at radius 1 is 1.00 bits per heavy atom. The number of hydrogen-bond acceptors (Lipinski definition) is 3. The van der Waals surface area contributed by atoms with Crippen molar-refractivity contribution in [2.45, 2.75) is 6.54 Å². The topological polar surface area (TPSA) is 87.3 Å². The van der Waals surface area contributed by atoms with Crippen molar-refractivity contribution in [3.05, 3.63) is 99.5 Å². The quantitative estimate of drug-likeness (QED) is 0.214. The van der Waals surface area contributed by atoms with Crippen LogP contribution >= 0.6 is 23.2 Å². The third kappa shape index (κ3) is 4.06. The van der Waals surface area contributed by atoms with Gasteiger partial charge in [-0.1, -0.05) is 77.8 Å². The van der Waals surface area contributed by atoms with E-state index in [2.05, 4.69) is 11.1 Å². The van der Waals surface area contributed by atoms with E-state index in [1.54, 1.807) is 22.8 Å². The second kappa shape index (κ2) is 9.19. The zero-order chi connectivity index (χ0) is 22.7. The molecule has 0 atom stereocenters. The molecule has 1 aromatic heterocycles. The summed E-state index contributed by atoms with van der Waals surface area (Å²) in [5.74, 6) is -0.0202. The van der Waals surface area contributed by atoms with Crippen molar-refractivity contribution in [2.24, 2.45) is 10.7 Å². The van der Waals surface area contributed by atoms with E-state index in [1.165, 1.54) is 6.08 Å². The molecule has 0 saturated carbocycles. The number of hydrogen-bond donors (Lipinski definition) is 2. The minimum atomic E-state index is -0.107. The predicted octanol–water partition coefficient (Wildman–Crippen LogP) is 6.11. The van der Waals surface area contributed by atoms with Crippen LogP contribution < -0.4 is 5.73 Å². The Balaban J connectivity index is 1.85. The molecule has 32 heavy (non-hydrogen) atoms. The Morgan fingerprint density at radius 2 is 1.66 bits per heavy atom. The van der Waals surface area contributed by atoms with Gasteiger partial charge >= 0.3 is 0 Å². The van der Waals surface area contributed by atoms with Gasteiger partial charge in [0.15, 0.2) is 0 Å². The molecule has 4 aromatic rings. The molecule has 7 heteroatoms. The summed E-state index contributed by atoms with van der Waals surface area (Å²) in [6, 6.07) is 24.2. The number of rotatable bonds is 5. The van der Waals surface area contributed by atoms with Crippen LogP contribution in [-0.2, 0) is 6.54 Å². The summed E-state index contributed by atoms with van der Waals surface area (Å²) in [6.07, 6.45) is 1.53. The average Bonchev–Trinajstić information content (AvgIpc) is 3.07. The fraction of sp³-hybridized carbons (Fsp3) is 0.0400. The zero-order valence-corrected chi connectivity index (χ0v) is 18.3. The number of aliphatic imine (C=N–C) groups is 1. The summed E-state index contributed by atoms with van der Waals surface area (Å²) in [5.41, 5.74) is 8.79. The average molecular weight is 461 g/mol. The molecule has 0 amide bonds. The van der Waals surface area contributed by atoms with Gasteiger partial charge in [-0.2, -0.15) is 5.26 Å². The minimum Gasteiger partial charge on any atom is -0.494 e. The number of nitrogens with zero attached hydrogens (tertiary/aromatic N) is 3. The fourth-order valence-corrected chi connectivity index (χ4v) is 4.04. The van der Waals surface area contributed by atoms with Crippen LogP contribution in [0.2, 0.25) is 10.0 Å². The minimum absolute atomic E-state index is 0.0864. The molecule has 3 aromatic carbocycles. The van der Waals surface area contributed by atoms with Gasteiger partial charge in [-0.05, 0) is 29.8 Å². The summed E-state index contributed by atoms with van der Waals surface area (Å²) < 4.78 is 1.57. The maximum absolute atomic E-state index is 11.2. The first-order valence-electron chi connectivity index (χ1n) is 9.74. The van der Waals surface area contributed by atoms with Crippen molar-refractivity contribution in [3.8, 4) is 17.6 Å². The molecule has 0 radical (unpaired) electrons. The molecule has 3 N–H and O–H groups in total. The van der Waals surface area contributed by atoms with Crippen LogP contribution in [0.15, 0.2) is 83.4 Å². The molecule has 158 valence electrons. The van der Waals surface area contributed by atoms with Crippen LogP contribution in [0.5, 0.6) is 5.88 Å². The summed E-state index contributed by atoms with van der Waals surface area (Å²) in [7, 11) is 0. The van der Waals surface area contributed by atoms with Crippen LogP contribution in [0.1, 0.15) is 11.1 Å². The van der Waals surface area contributed by atoms with E-state index in [0.29, 0.717) is 38.7 Å². The molecule has 0 spiro atoms. The summed E-state index contributed by atoms with van der Waals surface area (Å²) in [4.78, 5) is 4.34. The maximum atomic E-state index is 11.2. The normalized spacial score (nSPS) is 12.2. The van der Waals surface area contributed by atoms with Crippen LogP contribution in [0.4, 0.5) is 0 Å². The van der Waals surface area contributed by atoms with Crippen molar-refractivity contribution in [2.75, 3.05) is 0 Å². The molecule has 0 aliphatic carbocycles. The zero-order valence-electron chi connectivity index (χ0n) is 16.8. The van der Waals surface area contributed by atoms with Gasteiger partial charge in [0.1, 0.15) is 11.9 Å². The lowest BCUT2D eigenvalue weighted by Crippen LogP contribution is -2.14. The molecule has 0 bridgehead atoms. The van der Waals surface area contributed by atoms with Gasteiger partial charge in [0.2, 0.25) is 5.88 Å². The maximum Gasteiger partial charge on any atom is 0.204 e. The van der Waals surface area contributed by atoms with E-state index >= 15 is 0 Å². The van der Waals surface area contributed by atoms with Gasteiger partial charge in [-0.3, -0.25) is 9.56 Å². The molecule has 0 saturated heterocycles. The number of fused-ring (bicyclic) bond motifs is 1. The van der Waals surface area contributed by atoms with Crippen molar-refractivity contribution >= 4 is 46.0 Å². The Morgan fingerprint density at radius 3 is 2.34 bits per heavy atom. The molecule has 0 unspecified atom stereocenters. The molecule has 1 heterocycles. The van der Waals surface area contributed by atoms with Crippen LogP contribution in [0.25, 0.3) is 22.7 Å². The van der Waals surface area contributed by atoms with Crippen molar-refractivity contribution in [1.82, 2.24) is 4.57 Å². The van der Waals surface area contributed by atoms with E-state index < -0.39 is 0 Å². The largest absolute Gasteiger partial charge is 0.494 e. The molecule has 0 aliphatic rings. The second-order valence-corrected chi connectivity index (χ2v) is 7.83. The monoisotopic (exact) mass is 460 g/mol. The number of nitrogens with two attached hydrogens (primary N) is 1. The Kier molecular flexibility index (Phi) is 6.18. The first-order chi connectivity index (χ1) is 15.5. The highest BCUT2D eigenvalue weighted by atomic mass is 35.5. The van der Waals surface area contributed by atoms with E-state index in [0.717, 1.165) is 5.56 Å². The van der Waals surface area contributed by atoms with Gasteiger partial charge in [0, 0.05) is 10.9 Å². The lowest BCUT2D eigenvalue weighted by atomic mass is 10.1. The third-order valence-electron chi connectivity index (χ3n) is 5.01. The smallest absolute Gasteiger partial charge is 0.204 e. The number of amidine groups is 1. The van der Waals surface area contributed by atoms with E-state index in [9.17, 15) is 10.4 Å². The molecule has 0 aliphatic heterocycles. The molecular weight excluding hydrogens is 443 g/mol. The number of aromatic hydroxyl groups is 1. The Hall–Kier alpha value is -3.72. The molecule has 0 fully saturated rings. The number of benzene rings is 3. The number of halogens is 2. The van der Waals surface area contributed by atoms with Crippen LogP contribution in [0, 0.1) is 11.3 Å². The summed E-state index contributed by atoms with van der Waals surface area (Å²) in [6.45, 7) is 0.342. The van der Waals surface area contributed by atoms with Crippen LogP contribution in [0.3, 0.4) is 0 Å². The Labute approximate surface area is 195 Å². The van der Waals surface area contributed by atoms with Gasteiger partial charge in [0.25, 0.3) is 0 Å². The van der Waals surface area contributed by atoms with Gasteiger partial charge < -0.3 is 10.8 Å². The predicted molar refractivity (Wildman–Crippen MR) is 130 cm³/mol. The van der Waals surface area contributed by atoms with Gasteiger partial charge in [-0.25, -0.2) is 0 Å². The molecular formula is C25H18Cl2N4O. The van der Waals surface area contributed by atoms with Gasteiger partial charge in [-0.15, -0.1) is 0 Å². The molecule has 4 rings (SSSR count). The van der Waals surface area contributed by atoms with E-state index in [1.807, 2.05) is 54.6 Å². The Bertz CT molecular complexity index is 1380. The second-order valence-electron chi connectivity index (χ2n) is 7.02. The van der Waals surface area contributed by atoms with Crippen molar-refractivity contribution in [3.63, 3.8) is 0 Å². The first-order valence-corrected chi connectivity index (χ1v) is 10.5. The SMILES string of the molecule is N#C/C(=C\c1c(O)n(-c2c(Cl)cccc2Cl)c2ccccc12)C(N)=NCc1ccccc1. The number of para-hydroxylation sites is 2. The molecule has 5 nitrogen and oxygen atoms in total. The lowest BCUT2D eigenvalue weighted by Gasteiger charge is -2.11. The summed E-state index contributed by atoms with van der Waals surface area (Å²) in [5, 5.41) is 22.4. The summed E-state index contributed by atoms with van der Waals surface area (Å²) >= 11 is 12.8.